The highest BCUT2D eigenvalue weighted by atomic mass is 32.2. The first kappa shape index (κ1) is 19.7. The molecule has 26 heavy (non-hydrogen) atoms. The first-order valence-corrected chi connectivity index (χ1v) is 9.56. The van der Waals surface area contributed by atoms with Gasteiger partial charge in [-0.2, -0.15) is 0 Å². The molecule has 140 valence electrons. The molecule has 0 saturated heterocycles. The Balaban J connectivity index is 2.24. The second kappa shape index (κ2) is 8.68. The summed E-state index contributed by atoms with van der Waals surface area (Å²) in [6, 6.07) is 11.2. The lowest BCUT2D eigenvalue weighted by molar-refractivity contribution is 0.0954. The van der Waals surface area contributed by atoms with Crippen LogP contribution in [0.1, 0.15) is 15.9 Å². The molecule has 0 saturated carbocycles. The number of sulfonamides is 1. The molecule has 0 atom stereocenters. The summed E-state index contributed by atoms with van der Waals surface area (Å²) >= 11 is 0. The van der Waals surface area contributed by atoms with Gasteiger partial charge >= 0.3 is 0 Å². The fourth-order valence-corrected chi connectivity index (χ4v) is 3.63. The van der Waals surface area contributed by atoms with Gasteiger partial charge in [-0.05, 0) is 55.9 Å². The fourth-order valence-electron chi connectivity index (χ4n) is 2.30. The van der Waals surface area contributed by atoms with Crippen molar-refractivity contribution in [2.45, 2.75) is 11.8 Å². The fraction of sp³-hybridized carbons (Fsp3) is 0.278. The zero-order valence-electron chi connectivity index (χ0n) is 15.0. The minimum absolute atomic E-state index is 0.0644. The van der Waals surface area contributed by atoms with Crippen LogP contribution in [0.25, 0.3) is 0 Å². The second-order valence-corrected chi connectivity index (χ2v) is 7.32. The van der Waals surface area contributed by atoms with Crippen molar-refractivity contribution in [1.29, 1.82) is 0 Å². The Kier molecular flexibility index (Phi) is 6.59. The van der Waals surface area contributed by atoms with Gasteiger partial charge < -0.3 is 15.4 Å². The molecule has 2 aromatic carbocycles. The number of ether oxygens (including phenoxy) is 1. The quantitative estimate of drug-likeness (QED) is 0.609. The summed E-state index contributed by atoms with van der Waals surface area (Å²) in [5.41, 5.74) is 1.26. The number of nitrogens with one attached hydrogen (secondary N) is 3. The zero-order valence-corrected chi connectivity index (χ0v) is 15.8. The summed E-state index contributed by atoms with van der Waals surface area (Å²) in [7, 11) is -0.505. The van der Waals surface area contributed by atoms with E-state index in [1.807, 2.05) is 0 Å². The molecule has 0 heterocycles. The van der Waals surface area contributed by atoms with Gasteiger partial charge in [-0.3, -0.25) is 9.52 Å². The maximum Gasteiger partial charge on any atom is 0.262 e. The second-order valence-electron chi connectivity index (χ2n) is 5.67. The number of hydrogen-bond donors (Lipinski definition) is 3. The molecular formula is C18H23N3O4S. The van der Waals surface area contributed by atoms with E-state index >= 15 is 0 Å². The van der Waals surface area contributed by atoms with Crippen LogP contribution in [0.2, 0.25) is 0 Å². The third kappa shape index (κ3) is 4.96. The predicted molar refractivity (Wildman–Crippen MR) is 101 cm³/mol. The monoisotopic (exact) mass is 377 g/mol. The number of rotatable bonds is 8. The van der Waals surface area contributed by atoms with Crippen molar-refractivity contribution in [3.63, 3.8) is 0 Å². The van der Waals surface area contributed by atoms with Gasteiger partial charge in [-0.25, -0.2) is 8.42 Å². The van der Waals surface area contributed by atoms with Gasteiger partial charge in [0.15, 0.2) is 0 Å². The number of hydrogen-bond acceptors (Lipinski definition) is 5. The van der Waals surface area contributed by atoms with Crippen LogP contribution in [0.3, 0.4) is 0 Å². The molecule has 0 aliphatic rings. The van der Waals surface area contributed by atoms with Gasteiger partial charge in [0, 0.05) is 24.3 Å². The Morgan fingerprint density at radius 2 is 1.77 bits per heavy atom. The minimum Gasteiger partial charge on any atom is -0.497 e. The van der Waals surface area contributed by atoms with Gasteiger partial charge in [-0.15, -0.1) is 0 Å². The van der Waals surface area contributed by atoms with Crippen LogP contribution < -0.4 is 20.1 Å². The van der Waals surface area contributed by atoms with Crippen molar-refractivity contribution in [2.75, 3.05) is 32.0 Å². The number of anilines is 1. The zero-order chi connectivity index (χ0) is 19.2. The molecule has 0 aliphatic heterocycles. The average molecular weight is 377 g/mol. The lowest BCUT2D eigenvalue weighted by Crippen LogP contribution is -2.30. The largest absolute Gasteiger partial charge is 0.497 e. The molecule has 0 bridgehead atoms. The van der Waals surface area contributed by atoms with Gasteiger partial charge in [0.25, 0.3) is 15.9 Å². The van der Waals surface area contributed by atoms with Gasteiger partial charge in [0.05, 0.1) is 12.0 Å². The summed E-state index contributed by atoms with van der Waals surface area (Å²) in [5, 5.41) is 5.65. The van der Waals surface area contributed by atoms with E-state index < -0.39 is 10.0 Å². The van der Waals surface area contributed by atoms with Crippen molar-refractivity contribution in [3.05, 3.63) is 53.6 Å². The number of carbonyl (C=O) groups excluding carboxylic acids is 1. The van der Waals surface area contributed by atoms with Crippen molar-refractivity contribution in [2.24, 2.45) is 0 Å². The first-order valence-electron chi connectivity index (χ1n) is 8.07. The van der Waals surface area contributed by atoms with E-state index in [4.69, 9.17) is 4.74 Å². The third-order valence-corrected chi connectivity index (χ3v) is 5.27. The van der Waals surface area contributed by atoms with E-state index in [1.165, 1.54) is 13.2 Å². The number of methoxy groups -OCH3 is 1. The van der Waals surface area contributed by atoms with Crippen LogP contribution in [0.15, 0.2) is 47.4 Å². The molecule has 2 aromatic rings. The predicted octanol–water partition coefficient (Wildman–Crippen LogP) is 1.75. The lowest BCUT2D eigenvalue weighted by atomic mass is 10.1. The summed E-state index contributed by atoms with van der Waals surface area (Å²) < 4.78 is 33.0. The van der Waals surface area contributed by atoms with Crippen LogP contribution in [0, 0.1) is 6.92 Å². The highest BCUT2D eigenvalue weighted by Gasteiger charge is 2.19. The van der Waals surface area contributed by atoms with E-state index in [0.29, 0.717) is 35.7 Å². The molecule has 0 aromatic heterocycles. The standard InChI is InChI=1S/C18H23N3O4S/c1-13-4-5-14(18(22)20-11-10-19-2)12-17(13)26(23,24)21-15-6-8-16(25-3)9-7-15/h4-9,12,19,21H,10-11H2,1-3H3,(H,20,22). The maximum atomic E-state index is 12.7. The summed E-state index contributed by atoms with van der Waals surface area (Å²) in [5.74, 6) is 0.311. The highest BCUT2D eigenvalue weighted by Crippen LogP contribution is 2.22. The van der Waals surface area contributed by atoms with Gasteiger partial charge in [-0.1, -0.05) is 6.07 Å². The van der Waals surface area contributed by atoms with E-state index in [1.54, 1.807) is 50.4 Å². The topological polar surface area (TPSA) is 96.5 Å². The Morgan fingerprint density at radius 3 is 2.38 bits per heavy atom. The van der Waals surface area contributed by atoms with E-state index in [2.05, 4.69) is 15.4 Å². The molecule has 0 unspecified atom stereocenters. The smallest absolute Gasteiger partial charge is 0.262 e. The van der Waals surface area contributed by atoms with Crippen LogP contribution in [-0.2, 0) is 10.0 Å². The number of likely N-dealkylation sites (N-methyl/N-ethyl adjacent to an activating group) is 1. The number of carbonyl (C=O) groups is 1. The Morgan fingerprint density at radius 1 is 1.08 bits per heavy atom. The molecule has 0 radical (unpaired) electrons. The summed E-state index contributed by atoms with van der Waals surface area (Å²) in [4.78, 5) is 12.2. The molecular weight excluding hydrogens is 354 g/mol. The average Bonchev–Trinajstić information content (AvgIpc) is 2.62. The normalized spacial score (nSPS) is 11.0. The molecule has 0 fully saturated rings. The van der Waals surface area contributed by atoms with Gasteiger partial charge in [0.2, 0.25) is 0 Å². The molecule has 7 nitrogen and oxygen atoms in total. The molecule has 0 spiro atoms. The summed E-state index contributed by atoms with van der Waals surface area (Å²) in [6.45, 7) is 2.77. The molecule has 3 N–H and O–H groups in total. The van der Waals surface area contributed by atoms with E-state index in [-0.39, 0.29) is 10.8 Å². The van der Waals surface area contributed by atoms with Crippen LogP contribution in [-0.4, -0.2) is 41.6 Å². The SMILES string of the molecule is CNCCNC(=O)c1ccc(C)c(S(=O)(=O)Nc2ccc(OC)cc2)c1. The number of aryl methyl sites for hydroxylation is 1. The Labute approximate surface area is 153 Å². The Hall–Kier alpha value is -2.58. The van der Waals surface area contributed by atoms with Crippen LogP contribution >= 0.6 is 0 Å². The van der Waals surface area contributed by atoms with Crippen molar-refractivity contribution < 1.29 is 17.9 Å². The van der Waals surface area contributed by atoms with Crippen LogP contribution in [0.4, 0.5) is 5.69 Å². The third-order valence-electron chi connectivity index (χ3n) is 3.74. The van der Waals surface area contributed by atoms with Gasteiger partial charge in [0.1, 0.15) is 5.75 Å². The molecule has 8 heteroatoms. The molecule has 1 amide bonds. The van der Waals surface area contributed by atoms with Crippen molar-refractivity contribution in [3.8, 4) is 5.75 Å². The van der Waals surface area contributed by atoms with Crippen LogP contribution in [0.5, 0.6) is 5.75 Å². The van der Waals surface area contributed by atoms with E-state index in [9.17, 15) is 13.2 Å². The number of amides is 1. The lowest BCUT2D eigenvalue weighted by Gasteiger charge is -2.12. The molecule has 0 aliphatic carbocycles. The highest BCUT2D eigenvalue weighted by molar-refractivity contribution is 7.92. The van der Waals surface area contributed by atoms with Crippen molar-refractivity contribution in [1.82, 2.24) is 10.6 Å². The number of benzene rings is 2. The maximum absolute atomic E-state index is 12.7. The van der Waals surface area contributed by atoms with Crippen molar-refractivity contribution >= 4 is 21.6 Å². The summed E-state index contributed by atoms with van der Waals surface area (Å²) in [6.07, 6.45) is 0. The minimum atomic E-state index is -3.83. The van der Waals surface area contributed by atoms with E-state index in [0.717, 1.165) is 0 Å². The molecule has 2 rings (SSSR count). The Bertz CT molecular complexity index is 865. The first-order chi connectivity index (χ1) is 12.4.